The number of benzene rings is 2. The Kier molecular flexibility index (Phi) is 6.37. The molecule has 2 rings (SSSR count). The highest BCUT2D eigenvalue weighted by Gasteiger charge is 2.09. The molecule has 19 heavy (non-hydrogen) atoms. The molecule has 0 fully saturated rings. The van der Waals surface area contributed by atoms with Crippen molar-refractivity contribution < 1.29 is 4.74 Å². The van der Waals surface area contributed by atoms with Crippen molar-refractivity contribution in [3.05, 3.63) is 71.8 Å². The number of ether oxygens (including phenoxy) is 1. The van der Waals surface area contributed by atoms with E-state index in [1.165, 1.54) is 11.1 Å². The van der Waals surface area contributed by atoms with Crippen LogP contribution in [0.15, 0.2) is 60.7 Å². The van der Waals surface area contributed by atoms with E-state index in [1.807, 2.05) is 6.07 Å². The molecule has 1 nitrogen and oxygen atoms in total. The second kappa shape index (κ2) is 8.33. The summed E-state index contributed by atoms with van der Waals surface area (Å²) < 4.78 is 6.98. The van der Waals surface area contributed by atoms with Crippen molar-refractivity contribution >= 4 is 22.6 Å². The predicted octanol–water partition coefficient (Wildman–Crippen LogP) is 4.81. The minimum absolute atomic E-state index is 0.220. The molecule has 0 saturated carbocycles. The van der Waals surface area contributed by atoms with E-state index in [1.54, 1.807) is 0 Å². The van der Waals surface area contributed by atoms with Gasteiger partial charge in [0.2, 0.25) is 0 Å². The fourth-order valence-electron chi connectivity index (χ4n) is 2.04. The van der Waals surface area contributed by atoms with Gasteiger partial charge in [-0.05, 0) is 24.0 Å². The minimum atomic E-state index is 0.220. The van der Waals surface area contributed by atoms with Gasteiger partial charge in [0.05, 0.1) is 6.10 Å². The molecule has 2 aromatic rings. The molecule has 0 aliphatic heterocycles. The molecular weight excluding hydrogens is 347 g/mol. The van der Waals surface area contributed by atoms with E-state index >= 15 is 0 Å². The minimum Gasteiger partial charge on any atom is -0.373 e. The summed E-state index contributed by atoms with van der Waals surface area (Å²) in [6.45, 7) is 0.817. The summed E-state index contributed by atoms with van der Waals surface area (Å²) in [6, 6.07) is 21.1. The third-order valence-corrected chi connectivity index (χ3v) is 3.88. The molecule has 0 bridgehead atoms. The molecular formula is C17H19IO. The van der Waals surface area contributed by atoms with Gasteiger partial charge in [0.1, 0.15) is 0 Å². The maximum atomic E-state index is 5.99. The average Bonchev–Trinajstić information content (AvgIpc) is 2.49. The van der Waals surface area contributed by atoms with Crippen LogP contribution in [0.2, 0.25) is 0 Å². The van der Waals surface area contributed by atoms with Crippen LogP contribution in [0.3, 0.4) is 0 Å². The summed E-state index contributed by atoms with van der Waals surface area (Å²) >= 11 is 2.39. The average molecular weight is 366 g/mol. The van der Waals surface area contributed by atoms with Gasteiger partial charge in [-0.25, -0.2) is 0 Å². The lowest BCUT2D eigenvalue weighted by Gasteiger charge is -2.15. The van der Waals surface area contributed by atoms with Crippen LogP contribution >= 0.6 is 22.6 Å². The van der Waals surface area contributed by atoms with E-state index in [0.29, 0.717) is 0 Å². The predicted molar refractivity (Wildman–Crippen MR) is 88.8 cm³/mol. The summed E-state index contributed by atoms with van der Waals surface area (Å²) in [6.07, 6.45) is 2.38. The SMILES string of the molecule is ICC(OCCCc1ccccc1)c1ccccc1. The third-order valence-electron chi connectivity index (χ3n) is 3.08. The van der Waals surface area contributed by atoms with E-state index in [0.717, 1.165) is 23.9 Å². The molecule has 0 radical (unpaired) electrons. The monoisotopic (exact) mass is 366 g/mol. The van der Waals surface area contributed by atoms with Gasteiger partial charge in [-0.1, -0.05) is 83.3 Å². The quantitative estimate of drug-likeness (QED) is 0.388. The second-order valence-electron chi connectivity index (χ2n) is 4.51. The summed E-state index contributed by atoms with van der Waals surface area (Å²) in [5.74, 6) is 0. The molecule has 0 heterocycles. The van der Waals surface area contributed by atoms with Gasteiger partial charge < -0.3 is 4.74 Å². The van der Waals surface area contributed by atoms with E-state index in [9.17, 15) is 0 Å². The van der Waals surface area contributed by atoms with Crippen LogP contribution in [0.1, 0.15) is 23.7 Å². The van der Waals surface area contributed by atoms with Crippen molar-refractivity contribution in [1.82, 2.24) is 0 Å². The van der Waals surface area contributed by atoms with Crippen molar-refractivity contribution in [2.45, 2.75) is 18.9 Å². The fraction of sp³-hybridized carbons (Fsp3) is 0.294. The molecule has 1 atom stereocenters. The van der Waals surface area contributed by atoms with Crippen LogP contribution in [0.5, 0.6) is 0 Å². The highest BCUT2D eigenvalue weighted by Crippen LogP contribution is 2.20. The molecule has 0 aliphatic carbocycles. The highest BCUT2D eigenvalue weighted by molar-refractivity contribution is 14.1. The van der Waals surface area contributed by atoms with Crippen LogP contribution in [-0.2, 0) is 11.2 Å². The molecule has 1 unspecified atom stereocenters. The standard InChI is InChI=1S/C17H19IO/c18-14-17(16-11-5-2-6-12-16)19-13-7-10-15-8-3-1-4-9-15/h1-6,8-9,11-12,17H,7,10,13-14H2. The number of alkyl halides is 1. The topological polar surface area (TPSA) is 9.23 Å². The van der Waals surface area contributed by atoms with Crippen molar-refractivity contribution in [1.29, 1.82) is 0 Å². The van der Waals surface area contributed by atoms with Gasteiger partial charge in [0, 0.05) is 11.0 Å². The molecule has 2 heteroatoms. The number of hydrogen-bond donors (Lipinski definition) is 0. The first-order valence-electron chi connectivity index (χ1n) is 6.66. The van der Waals surface area contributed by atoms with Gasteiger partial charge >= 0.3 is 0 Å². The Morgan fingerprint density at radius 3 is 2.16 bits per heavy atom. The first-order chi connectivity index (χ1) is 9.40. The van der Waals surface area contributed by atoms with Crippen LogP contribution in [0.4, 0.5) is 0 Å². The van der Waals surface area contributed by atoms with E-state index < -0.39 is 0 Å². The summed E-state index contributed by atoms with van der Waals surface area (Å²) in [5, 5.41) is 0. The van der Waals surface area contributed by atoms with Gasteiger partial charge in [-0.3, -0.25) is 0 Å². The Balaban J connectivity index is 1.75. The lowest BCUT2D eigenvalue weighted by molar-refractivity contribution is 0.0693. The molecule has 0 spiro atoms. The van der Waals surface area contributed by atoms with Gasteiger partial charge in [-0.15, -0.1) is 0 Å². The van der Waals surface area contributed by atoms with Crippen LogP contribution in [-0.4, -0.2) is 11.0 Å². The molecule has 0 amide bonds. The van der Waals surface area contributed by atoms with Crippen molar-refractivity contribution in [2.24, 2.45) is 0 Å². The maximum Gasteiger partial charge on any atom is 0.0914 e. The van der Waals surface area contributed by atoms with E-state index in [-0.39, 0.29) is 6.10 Å². The number of aryl methyl sites for hydroxylation is 1. The second-order valence-corrected chi connectivity index (χ2v) is 5.39. The fourth-order valence-corrected chi connectivity index (χ4v) is 2.81. The Morgan fingerprint density at radius 2 is 1.53 bits per heavy atom. The lowest BCUT2D eigenvalue weighted by atomic mass is 10.1. The largest absolute Gasteiger partial charge is 0.373 e. The Morgan fingerprint density at radius 1 is 0.895 bits per heavy atom. The zero-order valence-electron chi connectivity index (χ0n) is 11.0. The number of halogens is 1. The van der Waals surface area contributed by atoms with Gasteiger partial charge in [-0.2, -0.15) is 0 Å². The molecule has 0 saturated heterocycles. The maximum absolute atomic E-state index is 5.99. The normalized spacial score (nSPS) is 12.3. The Labute approximate surface area is 129 Å². The van der Waals surface area contributed by atoms with E-state index in [4.69, 9.17) is 4.74 Å². The van der Waals surface area contributed by atoms with E-state index in [2.05, 4.69) is 77.2 Å². The Bertz CT molecular complexity index is 455. The highest BCUT2D eigenvalue weighted by atomic mass is 127. The van der Waals surface area contributed by atoms with Crippen LogP contribution in [0, 0.1) is 0 Å². The third kappa shape index (κ3) is 4.96. The van der Waals surface area contributed by atoms with Crippen molar-refractivity contribution in [2.75, 3.05) is 11.0 Å². The lowest BCUT2D eigenvalue weighted by Crippen LogP contribution is -2.07. The number of rotatable bonds is 7. The Hall–Kier alpha value is -0.870. The summed E-state index contributed by atoms with van der Waals surface area (Å²) in [7, 11) is 0. The zero-order valence-corrected chi connectivity index (χ0v) is 13.1. The first kappa shape index (κ1) is 14.5. The van der Waals surface area contributed by atoms with Crippen molar-refractivity contribution in [3.63, 3.8) is 0 Å². The summed E-state index contributed by atoms with van der Waals surface area (Å²) in [5.41, 5.74) is 2.66. The smallest absolute Gasteiger partial charge is 0.0914 e. The zero-order chi connectivity index (χ0) is 13.3. The summed E-state index contributed by atoms with van der Waals surface area (Å²) in [4.78, 5) is 0. The van der Waals surface area contributed by atoms with Crippen LogP contribution < -0.4 is 0 Å². The van der Waals surface area contributed by atoms with Gasteiger partial charge in [0.25, 0.3) is 0 Å². The molecule has 100 valence electrons. The molecule has 0 N–H and O–H groups in total. The first-order valence-corrected chi connectivity index (χ1v) is 8.19. The van der Waals surface area contributed by atoms with Gasteiger partial charge in [0.15, 0.2) is 0 Å². The van der Waals surface area contributed by atoms with Crippen molar-refractivity contribution in [3.8, 4) is 0 Å². The molecule has 2 aromatic carbocycles. The molecule has 0 aromatic heterocycles. The molecule has 0 aliphatic rings. The number of hydrogen-bond acceptors (Lipinski definition) is 1. The van der Waals surface area contributed by atoms with Crippen LogP contribution in [0.25, 0.3) is 0 Å².